The predicted octanol–water partition coefficient (Wildman–Crippen LogP) is 10.2. The van der Waals surface area contributed by atoms with Crippen molar-refractivity contribution in [1.29, 1.82) is 10.5 Å². The van der Waals surface area contributed by atoms with Crippen molar-refractivity contribution in [2.75, 3.05) is 41.4 Å². The Morgan fingerprint density at radius 2 is 0.962 bits per heavy atom. The van der Waals surface area contributed by atoms with Crippen molar-refractivity contribution in [2.24, 2.45) is 0 Å². The van der Waals surface area contributed by atoms with Gasteiger partial charge in [-0.3, -0.25) is 0 Å². The molecule has 0 spiro atoms. The van der Waals surface area contributed by atoms with Gasteiger partial charge in [0.2, 0.25) is 0 Å². The number of carbonyl (C=O) groups is 1. The van der Waals surface area contributed by atoms with Crippen molar-refractivity contribution in [1.82, 2.24) is 9.80 Å². The minimum absolute atomic E-state index is 0.360. The molecule has 0 amide bonds. The highest BCUT2D eigenvalue weighted by molar-refractivity contribution is 5.98. The van der Waals surface area contributed by atoms with E-state index in [1.807, 2.05) is 118 Å². The summed E-state index contributed by atoms with van der Waals surface area (Å²) in [4.78, 5) is 16.3. The molecule has 0 saturated heterocycles. The molecule has 4 aromatic carbocycles. The van der Waals surface area contributed by atoms with Gasteiger partial charge >= 0.3 is 5.97 Å². The number of nitriles is 2. The molecule has 0 fully saturated rings. The second-order valence-corrected chi connectivity index (χ2v) is 13.1. The number of benzene rings is 4. The normalized spacial score (nSPS) is 11.8. The monoisotopic (exact) mass is 694 g/mol. The van der Waals surface area contributed by atoms with Crippen molar-refractivity contribution >= 4 is 28.5 Å². The van der Waals surface area contributed by atoms with Crippen LogP contribution in [0.2, 0.25) is 0 Å². The minimum atomic E-state index is -0.360. The lowest BCUT2D eigenvalue weighted by molar-refractivity contribution is 0.0499. The summed E-state index contributed by atoms with van der Waals surface area (Å²) in [6.07, 6.45) is 6.42. The van der Waals surface area contributed by atoms with E-state index < -0.39 is 0 Å². The zero-order valence-corrected chi connectivity index (χ0v) is 31.4. The topological polar surface area (TPSA) is 89.6 Å². The van der Waals surface area contributed by atoms with E-state index in [4.69, 9.17) is 9.47 Å². The number of allylic oxidation sites excluding steroid dienone is 2. The van der Waals surface area contributed by atoms with Crippen molar-refractivity contribution in [3.63, 3.8) is 0 Å². The van der Waals surface area contributed by atoms with E-state index in [9.17, 15) is 15.3 Å². The first-order valence-corrected chi connectivity index (χ1v) is 18.1. The van der Waals surface area contributed by atoms with Crippen LogP contribution in [0.4, 0.5) is 0 Å². The van der Waals surface area contributed by atoms with Gasteiger partial charge < -0.3 is 19.3 Å². The number of esters is 1. The van der Waals surface area contributed by atoms with Crippen molar-refractivity contribution in [3.8, 4) is 29.0 Å². The fourth-order valence-corrected chi connectivity index (χ4v) is 6.00. The van der Waals surface area contributed by atoms with Gasteiger partial charge in [0.15, 0.2) is 0 Å². The van der Waals surface area contributed by atoms with Gasteiger partial charge in [0.1, 0.15) is 17.9 Å². The van der Waals surface area contributed by atoms with Gasteiger partial charge in [-0.25, -0.2) is 4.79 Å². The highest BCUT2D eigenvalue weighted by atomic mass is 16.5. The van der Waals surface area contributed by atoms with E-state index >= 15 is 0 Å². The van der Waals surface area contributed by atoms with E-state index in [0.717, 1.165) is 69.8 Å². The van der Waals surface area contributed by atoms with E-state index in [2.05, 4.69) is 19.1 Å². The molecule has 0 aromatic heterocycles. The molecule has 268 valence electrons. The maximum atomic E-state index is 12.4. The summed E-state index contributed by atoms with van der Waals surface area (Å²) in [6.45, 7) is 5.35. The van der Waals surface area contributed by atoms with Crippen LogP contribution in [-0.4, -0.2) is 57.2 Å². The van der Waals surface area contributed by atoms with Crippen LogP contribution in [0.3, 0.4) is 0 Å². The number of ether oxygens (including phenoxy) is 2. The molecule has 7 nitrogen and oxygen atoms in total. The predicted molar refractivity (Wildman–Crippen MR) is 212 cm³/mol. The lowest BCUT2D eigenvalue weighted by Gasteiger charge is -2.21. The molecule has 0 radical (unpaired) electrons. The highest BCUT2D eigenvalue weighted by Gasteiger charge is 2.17. The number of hydrogen-bond acceptors (Lipinski definition) is 7. The number of rotatable bonds is 17. The van der Waals surface area contributed by atoms with E-state index in [0.29, 0.717) is 29.9 Å². The third-order valence-corrected chi connectivity index (χ3v) is 8.79. The smallest absolute Gasteiger partial charge is 0.338 e. The SMILES string of the molecule is CCCCCCOc1ccc(/C(=C(\C#N)c2ccc(-c3ccc(/C(=C(\C#N)c4ccc(C(=O)OCCCC)cc4)N(C)C)cc3)cc2)N(C)C)cc1. The van der Waals surface area contributed by atoms with E-state index in [1.54, 1.807) is 24.3 Å². The van der Waals surface area contributed by atoms with Crippen LogP contribution in [0.15, 0.2) is 97.1 Å². The number of carbonyl (C=O) groups excluding carboxylic acids is 1. The number of hydrogen-bond donors (Lipinski definition) is 0. The fourth-order valence-electron chi connectivity index (χ4n) is 6.00. The largest absolute Gasteiger partial charge is 0.494 e. The van der Waals surface area contributed by atoms with Crippen molar-refractivity contribution < 1.29 is 14.3 Å². The Morgan fingerprint density at radius 3 is 1.40 bits per heavy atom. The summed E-state index contributed by atoms with van der Waals surface area (Å²) in [5, 5.41) is 20.6. The highest BCUT2D eigenvalue weighted by Crippen LogP contribution is 2.33. The van der Waals surface area contributed by atoms with Crippen LogP contribution in [0, 0.1) is 22.7 Å². The molecule has 0 bridgehead atoms. The molecule has 0 aliphatic rings. The zero-order valence-electron chi connectivity index (χ0n) is 31.4. The Labute approximate surface area is 310 Å². The molecule has 0 aliphatic heterocycles. The van der Waals surface area contributed by atoms with Gasteiger partial charge in [0.05, 0.1) is 41.3 Å². The Balaban J connectivity index is 1.56. The number of nitrogens with zero attached hydrogens (tertiary/aromatic N) is 4. The quantitative estimate of drug-likeness (QED) is 0.0470. The summed E-state index contributed by atoms with van der Waals surface area (Å²) in [7, 11) is 7.74. The average Bonchev–Trinajstić information content (AvgIpc) is 3.16. The van der Waals surface area contributed by atoms with Crippen LogP contribution >= 0.6 is 0 Å². The van der Waals surface area contributed by atoms with Gasteiger partial charge in [0, 0.05) is 28.2 Å². The second kappa shape index (κ2) is 19.6. The Bertz CT molecular complexity index is 1910. The molecular weight excluding hydrogens is 645 g/mol. The molecule has 4 rings (SSSR count). The van der Waals surface area contributed by atoms with E-state index in [-0.39, 0.29) is 5.97 Å². The van der Waals surface area contributed by atoms with Gasteiger partial charge in [-0.05, 0) is 82.6 Å². The summed E-state index contributed by atoms with van der Waals surface area (Å²) in [5.41, 5.74) is 8.58. The minimum Gasteiger partial charge on any atom is -0.494 e. The zero-order chi connectivity index (χ0) is 37.5. The molecule has 4 aromatic rings. The summed E-state index contributed by atoms with van der Waals surface area (Å²) < 4.78 is 11.3. The Kier molecular flexibility index (Phi) is 14.7. The van der Waals surface area contributed by atoms with Crippen LogP contribution in [0.25, 0.3) is 33.7 Å². The van der Waals surface area contributed by atoms with Gasteiger partial charge in [-0.1, -0.05) is 100 Å². The number of unbranched alkanes of at least 4 members (excludes halogenated alkanes) is 4. The fraction of sp³-hybridized carbons (Fsp3) is 0.311. The van der Waals surface area contributed by atoms with Crippen LogP contribution in [0.1, 0.15) is 85.0 Å². The molecule has 7 heteroatoms. The molecular formula is C45H50N4O3. The molecule has 0 heterocycles. The van der Waals surface area contributed by atoms with Gasteiger partial charge in [-0.15, -0.1) is 0 Å². The maximum Gasteiger partial charge on any atom is 0.338 e. The van der Waals surface area contributed by atoms with Gasteiger partial charge in [-0.2, -0.15) is 10.5 Å². The third-order valence-electron chi connectivity index (χ3n) is 8.79. The first-order valence-electron chi connectivity index (χ1n) is 18.1. The maximum absolute atomic E-state index is 12.4. The van der Waals surface area contributed by atoms with Crippen molar-refractivity contribution in [3.05, 3.63) is 125 Å². The molecule has 52 heavy (non-hydrogen) atoms. The summed E-state index contributed by atoms with van der Waals surface area (Å²) >= 11 is 0. The average molecular weight is 695 g/mol. The molecule has 0 N–H and O–H groups in total. The van der Waals surface area contributed by atoms with Crippen LogP contribution < -0.4 is 4.74 Å². The molecule has 0 unspecified atom stereocenters. The lowest BCUT2D eigenvalue weighted by atomic mass is 9.95. The first-order chi connectivity index (χ1) is 25.2. The molecule has 0 saturated carbocycles. The molecule has 0 aliphatic carbocycles. The first kappa shape index (κ1) is 39.0. The van der Waals surface area contributed by atoms with Crippen LogP contribution in [0.5, 0.6) is 5.75 Å². The standard InChI is InChI=1S/C45H50N4O3/c1-7-9-11-12-30-51-40-27-25-38(26-28-40)44(49(5)6)41(31-46)35-17-13-33(14-18-35)34-15-21-37(22-16-34)43(48(3)4)42(32-47)36-19-23-39(24-20-36)45(50)52-29-10-8-2/h13-28H,7-12,29-30H2,1-6H3/b43-42-,44-41-. The van der Waals surface area contributed by atoms with Gasteiger partial charge in [0.25, 0.3) is 0 Å². The Morgan fingerprint density at radius 1 is 0.538 bits per heavy atom. The summed E-state index contributed by atoms with van der Waals surface area (Å²) in [6, 6.07) is 35.9. The van der Waals surface area contributed by atoms with Crippen LogP contribution in [-0.2, 0) is 4.74 Å². The summed E-state index contributed by atoms with van der Waals surface area (Å²) in [5.74, 6) is 0.473. The van der Waals surface area contributed by atoms with Crippen molar-refractivity contribution in [2.45, 2.75) is 52.4 Å². The lowest BCUT2D eigenvalue weighted by Crippen LogP contribution is -2.12. The second-order valence-electron chi connectivity index (χ2n) is 13.1. The molecule has 0 atom stereocenters. The third kappa shape index (κ3) is 10.1. The Hall–Kier alpha value is -5.79. The van der Waals surface area contributed by atoms with E-state index in [1.165, 1.54) is 19.3 Å².